The van der Waals surface area contributed by atoms with Crippen molar-refractivity contribution in [3.63, 3.8) is 0 Å². The smallest absolute Gasteiger partial charge is 0.146 e. The number of imidazole rings is 1. The van der Waals surface area contributed by atoms with Gasteiger partial charge in [0.05, 0.1) is 6.33 Å². The van der Waals surface area contributed by atoms with E-state index in [4.69, 9.17) is 0 Å². The molecule has 0 spiro atoms. The quantitative estimate of drug-likeness (QED) is 0.784. The van der Waals surface area contributed by atoms with Crippen molar-refractivity contribution < 1.29 is 9.59 Å². The van der Waals surface area contributed by atoms with Gasteiger partial charge in [0.2, 0.25) is 0 Å². The van der Waals surface area contributed by atoms with E-state index >= 15 is 0 Å². The van der Waals surface area contributed by atoms with E-state index in [9.17, 15) is 9.59 Å². The molecule has 0 amide bonds. The average Bonchev–Trinajstić information content (AvgIpc) is 2.88. The molecule has 1 aliphatic rings. The highest BCUT2D eigenvalue weighted by molar-refractivity contribution is 5.59. The van der Waals surface area contributed by atoms with Crippen LogP contribution >= 0.6 is 0 Å². The van der Waals surface area contributed by atoms with Crippen LogP contribution in [0.15, 0.2) is 23.9 Å². The van der Waals surface area contributed by atoms with Crippen LogP contribution in [0.25, 0.3) is 0 Å². The number of rotatable bonds is 3. The van der Waals surface area contributed by atoms with E-state index in [0.29, 0.717) is 37.2 Å². The molecule has 1 N–H and O–H groups in total. The number of aromatic nitrogens is 2. The Morgan fingerprint density at radius 2 is 2.00 bits per heavy atom. The van der Waals surface area contributed by atoms with Crippen molar-refractivity contribution in [3.8, 4) is 0 Å². The first-order valence-electron chi connectivity index (χ1n) is 5.58. The van der Waals surface area contributed by atoms with Crippen LogP contribution in [0.2, 0.25) is 0 Å². The van der Waals surface area contributed by atoms with Crippen molar-refractivity contribution >= 4 is 11.9 Å². The second-order valence-electron chi connectivity index (χ2n) is 3.93. The van der Waals surface area contributed by atoms with Gasteiger partial charge in [-0.15, -0.1) is 0 Å². The molecule has 2 heterocycles. The Balaban J connectivity index is 2.09. The first kappa shape index (κ1) is 11.4. The summed E-state index contributed by atoms with van der Waals surface area (Å²) < 4.78 is 0. The number of H-pyrrole nitrogens is 1. The summed E-state index contributed by atoms with van der Waals surface area (Å²) in [6, 6.07) is 0. The van der Waals surface area contributed by atoms with Crippen LogP contribution in [0, 0.1) is 0 Å². The molecule has 1 aliphatic heterocycles. The maximum Gasteiger partial charge on any atom is 0.146 e. The first-order valence-corrected chi connectivity index (χ1v) is 5.58. The predicted molar refractivity (Wildman–Crippen MR) is 61.3 cm³/mol. The molecule has 0 radical (unpaired) electrons. The number of nitrogens with zero attached hydrogens (tertiary/aromatic N) is 2. The minimum Gasteiger partial charge on any atom is -0.348 e. The van der Waals surface area contributed by atoms with Crippen LogP contribution in [0.5, 0.6) is 0 Å². The van der Waals surface area contributed by atoms with Gasteiger partial charge in [-0.2, -0.15) is 0 Å². The summed E-state index contributed by atoms with van der Waals surface area (Å²) in [6.07, 6.45) is 6.22. The molecule has 5 nitrogen and oxygen atoms in total. The van der Waals surface area contributed by atoms with E-state index < -0.39 is 0 Å². The van der Waals surface area contributed by atoms with Crippen LogP contribution in [0.1, 0.15) is 25.0 Å². The van der Waals surface area contributed by atoms with E-state index in [-0.39, 0.29) is 0 Å². The highest BCUT2D eigenvalue weighted by atomic mass is 16.1. The van der Waals surface area contributed by atoms with Gasteiger partial charge in [-0.3, -0.25) is 0 Å². The van der Waals surface area contributed by atoms with Crippen molar-refractivity contribution in [3.05, 3.63) is 29.6 Å². The molecule has 0 aliphatic carbocycles. The molecule has 0 unspecified atom stereocenters. The average molecular weight is 231 g/mol. The Morgan fingerprint density at radius 1 is 1.29 bits per heavy atom. The normalized spacial score (nSPS) is 15.6. The summed E-state index contributed by atoms with van der Waals surface area (Å²) in [5.74, 6) is 3.83. The number of allylic oxidation sites excluding steroid dienone is 2. The summed E-state index contributed by atoms with van der Waals surface area (Å²) in [4.78, 5) is 30.3. The number of hydrogen-bond donors (Lipinski definition) is 1. The van der Waals surface area contributed by atoms with E-state index in [1.165, 1.54) is 0 Å². The topological polar surface area (TPSA) is 66.1 Å². The fourth-order valence-corrected chi connectivity index (χ4v) is 1.99. The lowest BCUT2D eigenvalue weighted by molar-refractivity contribution is 0.363. The molecular weight excluding hydrogens is 218 g/mol. The molecule has 1 fully saturated rings. The Bertz CT molecular complexity index is 454. The molecule has 1 aromatic heterocycles. The molecule has 0 bridgehead atoms. The standard InChI is InChI=1S/C12H13N3O2/c16-7-11-2-1-3-12(8-17)15(11)5-4-10-6-13-9-14-10/h6,9H,1-5H2,(H,13,14). The Hall–Kier alpha value is -2.09. The highest BCUT2D eigenvalue weighted by Crippen LogP contribution is 2.25. The first-order chi connectivity index (χ1) is 8.35. The van der Waals surface area contributed by atoms with E-state index in [0.717, 1.165) is 12.1 Å². The van der Waals surface area contributed by atoms with Gasteiger partial charge in [-0.1, -0.05) is 0 Å². The number of nitrogens with one attached hydrogen (secondary N) is 1. The summed E-state index contributed by atoms with van der Waals surface area (Å²) in [7, 11) is 0. The molecule has 2 rings (SSSR count). The lowest BCUT2D eigenvalue weighted by Gasteiger charge is -2.29. The SMILES string of the molecule is O=C=C1CCCC(=C=O)N1CCc1cnc[nH]1. The van der Waals surface area contributed by atoms with Crippen LogP contribution < -0.4 is 0 Å². The van der Waals surface area contributed by atoms with Crippen molar-refractivity contribution in [2.45, 2.75) is 25.7 Å². The molecule has 0 saturated carbocycles. The predicted octanol–water partition coefficient (Wildman–Crippen LogP) is 0.869. The summed E-state index contributed by atoms with van der Waals surface area (Å²) in [6.45, 7) is 0.581. The lowest BCUT2D eigenvalue weighted by atomic mass is 10.0. The van der Waals surface area contributed by atoms with Crippen LogP contribution in [0.4, 0.5) is 0 Å². The van der Waals surface area contributed by atoms with E-state index in [1.807, 2.05) is 11.9 Å². The minimum atomic E-state index is 0.550. The van der Waals surface area contributed by atoms with Crippen LogP contribution in [-0.2, 0) is 16.0 Å². The van der Waals surface area contributed by atoms with Gasteiger partial charge in [0.25, 0.3) is 0 Å². The molecule has 17 heavy (non-hydrogen) atoms. The summed E-state index contributed by atoms with van der Waals surface area (Å²) in [5.41, 5.74) is 2.08. The Labute approximate surface area is 98.8 Å². The van der Waals surface area contributed by atoms with Crippen LogP contribution in [-0.4, -0.2) is 33.3 Å². The van der Waals surface area contributed by atoms with Crippen molar-refractivity contribution in [1.82, 2.24) is 14.9 Å². The lowest BCUT2D eigenvalue weighted by Crippen LogP contribution is -2.29. The third kappa shape index (κ3) is 2.53. The van der Waals surface area contributed by atoms with Gasteiger partial charge in [0.1, 0.15) is 23.3 Å². The molecule has 1 aromatic rings. The molecular formula is C12H13N3O2. The van der Waals surface area contributed by atoms with Gasteiger partial charge in [0.15, 0.2) is 0 Å². The minimum absolute atomic E-state index is 0.550. The zero-order valence-electron chi connectivity index (χ0n) is 9.40. The molecule has 1 saturated heterocycles. The second kappa shape index (κ2) is 5.30. The van der Waals surface area contributed by atoms with E-state index in [2.05, 4.69) is 9.97 Å². The van der Waals surface area contributed by atoms with E-state index in [1.54, 1.807) is 17.4 Å². The monoisotopic (exact) mass is 231 g/mol. The zero-order valence-corrected chi connectivity index (χ0v) is 9.40. The van der Waals surface area contributed by atoms with Gasteiger partial charge in [-0.05, 0) is 19.3 Å². The number of carbonyl (C=O) groups excluding carboxylic acids is 2. The molecule has 0 atom stereocenters. The van der Waals surface area contributed by atoms with Gasteiger partial charge >= 0.3 is 0 Å². The molecule has 88 valence electrons. The second-order valence-corrected chi connectivity index (χ2v) is 3.93. The third-order valence-electron chi connectivity index (χ3n) is 2.87. The molecule has 5 heteroatoms. The third-order valence-corrected chi connectivity index (χ3v) is 2.87. The molecule has 0 aromatic carbocycles. The fourth-order valence-electron chi connectivity index (χ4n) is 1.99. The van der Waals surface area contributed by atoms with Crippen LogP contribution in [0.3, 0.4) is 0 Å². The van der Waals surface area contributed by atoms with Crippen molar-refractivity contribution in [2.24, 2.45) is 0 Å². The Kier molecular flexibility index (Phi) is 3.55. The number of aromatic amines is 1. The van der Waals surface area contributed by atoms with Crippen molar-refractivity contribution in [1.29, 1.82) is 0 Å². The summed E-state index contributed by atoms with van der Waals surface area (Å²) in [5, 5.41) is 0. The summed E-state index contributed by atoms with van der Waals surface area (Å²) >= 11 is 0. The van der Waals surface area contributed by atoms with Gasteiger partial charge in [-0.25, -0.2) is 14.6 Å². The highest BCUT2D eigenvalue weighted by Gasteiger charge is 2.21. The van der Waals surface area contributed by atoms with Gasteiger partial charge in [0, 0.05) is 24.9 Å². The largest absolute Gasteiger partial charge is 0.348 e. The Morgan fingerprint density at radius 3 is 2.53 bits per heavy atom. The van der Waals surface area contributed by atoms with Crippen molar-refractivity contribution in [2.75, 3.05) is 6.54 Å². The van der Waals surface area contributed by atoms with Gasteiger partial charge < -0.3 is 9.88 Å². The fraction of sp³-hybridized carbons (Fsp3) is 0.417. The number of likely N-dealkylation sites (tertiary alicyclic amines) is 1. The number of hydrogen-bond acceptors (Lipinski definition) is 4. The zero-order chi connectivity index (χ0) is 12.1. The number of piperidine rings is 1. The maximum atomic E-state index is 10.8. The maximum absolute atomic E-state index is 10.8.